The van der Waals surface area contributed by atoms with Gasteiger partial charge in [0.15, 0.2) is 5.11 Å². The highest BCUT2D eigenvalue weighted by Gasteiger charge is 2.06. The van der Waals surface area contributed by atoms with E-state index in [0.717, 1.165) is 16.2 Å². The summed E-state index contributed by atoms with van der Waals surface area (Å²) in [4.78, 5) is 0. The predicted octanol–water partition coefficient (Wildman–Crippen LogP) is 3.44. The molecule has 1 aromatic rings. The molecule has 0 aliphatic heterocycles. The van der Waals surface area contributed by atoms with E-state index < -0.39 is 0 Å². The molecule has 92 valence electrons. The second kappa shape index (κ2) is 6.62. The van der Waals surface area contributed by atoms with Crippen molar-refractivity contribution in [2.75, 3.05) is 6.54 Å². The normalized spacial score (nSPS) is 11.7. The number of hydrogen-bond donors (Lipinski definition) is 2. The first-order chi connectivity index (χ1) is 7.99. The van der Waals surface area contributed by atoms with Gasteiger partial charge in [0, 0.05) is 11.6 Å². The summed E-state index contributed by atoms with van der Waals surface area (Å²) in [5.74, 6) is 0. The first-order valence-corrected chi connectivity index (χ1v) is 6.22. The van der Waals surface area contributed by atoms with E-state index in [-0.39, 0.29) is 6.04 Å². The second-order valence-electron chi connectivity index (χ2n) is 4.06. The molecule has 0 spiro atoms. The molecule has 17 heavy (non-hydrogen) atoms. The maximum Gasteiger partial charge on any atom is 0.167 e. The highest BCUT2D eigenvalue weighted by molar-refractivity contribution is 7.80. The van der Waals surface area contributed by atoms with Crippen LogP contribution in [0.5, 0.6) is 0 Å². The number of benzene rings is 1. The van der Waals surface area contributed by atoms with Crippen molar-refractivity contribution in [1.82, 2.24) is 10.6 Å². The summed E-state index contributed by atoms with van der Waals surface area (Å²) in [6.07, 6.45) is 0. The van der Waals surface area contributed by atoms with Crippen LogP contribution in [0.1, 0.15) is 25.5 Å². The molecule has 0 unspecified atom stereocenters. The van der Waals surface area contributed by atoms with Crippen molar-refractivity contribution < 1.29 is 0 Å². The van der Waals surface area contributed by atoms with Crippen molar-refractivity contribution in [2.24, 2.45) is 0 Å². The van der Waals surface area contributed by atoms with Crippen LogP contribution in [-0.4, -0.2) is 11.7 Å². The highest BCUT2D eigenvalue weighted by atomic mass is 35.5. The molecule has 1 atom stereocenters. The van der Waals surface area contributed by atoms with Crippen LogP contribution in [0.2, 0.25) is 5.02 Å². The zero-order valence-corrected chi connectivity index (χ0v) is 11.7. The molecule has 0 aromatic heterocycles. The topological polar surface area (TPSA) is 24.1 Å². The minimum absolute atomic E-state index is 0.150. The van der Waals surface area contributed by atoms with Crippen LogP contribution < -0.4 is 10.6 Å². The lowest BCUT2D eigenvalue weighted by Gasteiger charge is -2.17. The third kappa shape index (κ3) is 5.20. The molecule has 0 saturated heterocycles. The van der Waals surface area contributed by atoms with Crippen molar-refractivity contribution in [3.63, 3.8) is 0 Å². The first-order valence-electron chi connectivity index (χ1n) is 5.43. The fourth-order valence-electron chi connectivity index (χ4n) is 1.31. The van der Waals surface area contributed by atoms with Crippen LogP contribution in [0.25, 0.3) is 0 Å². The van der Waals surface area contributed by atoms with Gasteiger partial charge in [-0.1, -0.05) is 35.9 Å². The summed E-state index contributed by atoms with van der Waals surface area (Å²) in [6, 6.07) is 7.87. The molecular weight excluding hydrogens is 252 g/mol. The molecule has 0 amide bonds. The molecular formula is C13H17ClN2S. The molecule has 1 aromatic carbocycles. The quantitative estimate of drug-likeness (QED) is 0.646. The van der Waals surface area contributed by atoms with Gasteiger partial charge in [0.05, 0.1) is 6.04 Å². The summed E-state index contributed by atoms with van der Waals surface area (Å²) in [6.45, 7) is 8.51. The van der Waals surface area contributed by atoms with E-state index in [1.54, 1.807) is 0 Å². The number of hydrogen-bond acceptors (Lipinski definition) is 1. The van der Waals surface area contributed by atoms with Gasteiger partial charge in [-0.25, -0.2) is 0 Å². The van der Waals surface area contributed by atoms with Crippen LogP contribution in [0.15, 0.2) is 36.4 Å². The number of rotatable bonds is 4. The summed E-state index contributed by atoms with van der Waals surface area (Å²) < 4.78 is 0. The number of thiocarbonyl (C=S) groups is 1. The van der Waals surface area contributed by atoms with Crippen molar-refractivity contribution in [3.8, 4) is 0 Å². The van der Waals surface area contributed by atoms with Crippen LogP contribution in [-0.2, 0) is 0 Å². The van der Waals surface area contributed by atoms with Crippen molar-refractivity contribution in [1.29, 1.82) is 0 Å². The van der Waals surface area contributed by atoms with Gasteiger partial charge in [-0.3, -0.25) is 0 Å². The van der Waals surface area contributed by atoms with Gasteiger partial charge in [-0.05, 0) is 43.8 Å². The predicted molar refractivity (Wildman–Crippen MR) is 78.4 cm³/mol. The average molecular weight is 269 g/mol. The summed E-state index contributed by atoms with van der Waals surface area (Å²) in [5, 5.41) is 7.67. The minimum Gasteiger partial charge on any atom is -0.359 e. The molecule has 0 heterocycles. The van der Waals surface area contributed by atoms with Gasteiger partial charge in [0.1, 0.15) is 0 Å². The minimum atomic E-state index is 0.150. The summed E-state index contributed by atoms with van der Waals surface area (Å²) >= 11 is 11.0. The van der Waals surface area contributed by atoms with Crippen molar-refractivity contribution in [3.05, 3.63) is 47.0 Å². The molecule has 4 heteroatoms. The molecule has 0 aliphatic rings. The zero-order chi connectivity index (χ0) is 12.8. The van der Waals surface area contributed by atoms with Crippen LogP contribution in [0, 0.1) is 0 Å². The summed E-state index contributed by atoms with van der Waals surface area (Å²) in [5.41, 5.74) is 2.20. The molecule has 0 fully saturated rings. The Balaban J connectivity index is 2.48. The Labute approximate surface area is 113 Å². The third-order valence-electron chi connectivity index (χ3n) is 2.27. The smallest absolute Gasteiger partial charge is 0.167 e. The Morgan fingerprint density at radius 2 is 2.00 bits per heavy atom. The van der Waals surface area contributed by atoms with E-state index in [9.17, 15) is 0 Å². The maximum atomic E-state index is 5.84. The fourth-order valence-corrected chi connectivity index (χ4v) is 1.69. The van der Waals surface area contributed by atoms with Gasteiger partial charge in [-0.2, -0.15) is 0 Å². The standard InChI is InChI=1S/C13H17ClN2S/c1-9(2)8-15-13(17)16-10(3)11-4-6-12(14)7-5-11/h4-7,10H,1,8H2,2-3H3,(H2,15,16,17)/t10-/m1/s1. The first kappa shape index (κ1) is 14.0. The lowest BCUT2D eigenvalue weighted by molar-refractivity contribution is 0.704. The van der Waals surface area contributed by atoms with Gasteiger partial charge in [0.25, 0.3) is 0 Å². The van der Waals surface area contributed by atoms with Gasteiger partial charge in [0.2, 0.25) is 0 Å². The SMILES string of the molecule is C=C(C)CNC(=S)N[C@H](C)c1ccc(Cl)cc1. The monoisotopic (exact) mass is 268 g/mol. The van der Waals surface area contributed by atoms with Crippen LogP contribution in [0.4, 0.5) is 0 Å². The van der Waals surface area contributed by atoms with Crippen LogP contribution >= 0.6 is 23.8 Å². The Hall–Kier alpha value is -1.06. The molecule has 2 nitrogen and oxygen atoms in total. The lowest BCUT2D eigenvalue weighted by atomic mass is 10.1. The highest BCUT2D eigenvalue weighted by Crippen LogP contribution is 2.15. The average Bonchev–Trinajstić information content (AvgIpc) is 2.27. The Morgan fingerprint density at radius 3 is 2.53 bits per heavy atom. The zero-order valence-electron chi connectivity index (χ0n) is 10.1. The molecule has 2 N–H and O–H groups in total. The number of nitrogens with one attached hydrogen (secondary N) is 2. The lowest BCUT2D eigenvalue weighted by Crippen LogP contribution is -2.37. The van der Waals surface area contributed by atoms with Crippen molar-refractivity contribution >= 4 is 28.9 Å². The van der Waals surface area contributed by atoms with Gasteiger partial charge in [-0.15, -0.1) is 0 Å². The molecule has 0 bridgehead atoms. The van der Waals surface area contributed by atoms with E-state index >= 15 is 0 Å². The Morgan fingerprint density at radius 1 is 1.41 bits per heavy atom. The van der Waals surface area contributed by atoms with E-state index in [2.05, 4.69) is 24.1 Å². The second-order valence-corrected chi connectivity index (χ2v) is 4.90. The fraction of sp³-hybridized carbons (Fsp3) is 0.308. The largest absolute Gasteiger partial charge is 0.359 e. The van der Waals surface area contributed by atoms with E-state index in [1.165, 1.54) is 0 Å². The van der Waals surface area contributed by atoms with Gasteiger partial charge < -0.3 is 10.6 Å². The maximum absolute atomic E-state index is 5.84. The van der Waals surface area contributed by atoms with E-state index in [1.807, 2.05) is 31.2 Å². The van der Waals surface area contributed by atoms with E-state index in [0.29, 0.717) is 11.7 Å². The van der Waals surface area contributed by atoms with Crippen LogP contribution in [0.3, 0.4) is 0 Å². The van der Waals surface area contributed by atoms with Gasteiger partial charge >= 0.3 is 0 Å². The molecule has 1 rings (SSSR count). The van der Waals surface area contributed by atoms with Crippen molar-refractivity contribution in [2.45, 2.75) is 19.9 Å². The number of halogens is 1. The molecule has 0 saturated carbocycles. The third-order valence-corrected chi connectivity index (χ3v) is 2.78. The Kier molecular flexibility index (Phi) is 5.45. The Bertz CT molecular complexity index is 400. The summed E-state index contributed by atoms with van der Waals surface area (Å²) in [7, 11) is 0. The van der Waals surface area contributed by atoms with E-state index in [4.69, 9.17) is 23.8 Å². The molecule has 0 radical (unpaired) electrons. The molecule has 0 aliphatic carbocycles.